The van der Waals surface area contributed by atoms with E-state index in [9.17, 15) is 9.59 Å². The Morgan fingerprint density at radius 1 is 1.42 bits per heavy atom. The van der Waals surface area contributed by atoms with Crippen LogP contribution in [-0.2, 0) is 17.8 Å². The number of fused-ring (bicyclic) bond motifs is 3. The van der Waals surface area contributed by atoms with E-state index in [1.165, 1.54) is 0 Å². The molecule has 128 valence electrons. The van der Waals surface area contributed by atoms with Crippen molar-refractivity contribution in [3.05, 3.63) is 34.4 Å². The van der Waals surface area contributed by atoms with Crippen molar-refractivity contribution in [3.63, 3.8) is 0 Å². The number of carbonyl (C=O) groups is 2. The van der Waals surface area contributed by atoms with E-state index in [1.54, 1.807) is 19.3 Å². The maximum Gasteiger partial charge on any atom is 0.252 e. The van der Waals surface area contributed by atoms with E-state index in [-0.39, 0.29) is 11.7 Å². The molecular formula is C19H23NO4. The van der Waals surface area contributed by atoms with Crippen molar-refractivity contribution in [1.29, 1.82) is 0 Å². The van der Waals surface area contributed by atoms with Crippen molar-refractivity contribution >= 4 is 11.7 Å². The molecule has 0 aliphatic carbocycles. The first-order chi connectivity index (χ1) is 11.3. The van der Waals surface area contributed by atoms with Crippen molar-refractivity contribution < 1.29 is 19.1 Å². The minimum Gasteiger partial charge on any atom is -0.496 e. The summed E-state index contributed by atoms with van der Waals surface area (Å²) in [6, 6.07) is 1.79. The van der Waals surface area contributed by atoms with E-state index in [4.69, 9.17) is 9.47 Å². The zero-order chi connectivity index (χ0) is 17.5. The number of methoxy groups -OCH3 is 1. The SMILES string of the molecule is COc1cc2c(c3c1CCC(C)(CC(=O)C=C(C)C)O3)CNC2=O. The highest BCUT2D eigenvalue weighted by molar-refractivity contribution is 6.00. The Bertz CT molecular complexity index is 746. The topological polar surface area (TPSA) is 64.6 Å². The fourth-order valence-electron chi connectivity index (χ4n) is 3.46. The summed E-state index contributed by atoms with van der Waals surface area (Å²) in [6.07, 6.45) is 3.48. The summed E-state index contributed by atoms with van der Waals surface area (Å²) in [4.78, 5) is 24.2. The van der Waals surface area contributed by atoms with Crippen molar-refractivity contribution in [3.8, 4) is 11.5 Å². The third-order valence-corrected chi connectivity index (χ3v) is 4.59. The summed E-state index contributed by atoms with van der Waals surface area (Å²) in [6.45, 7) is 6.24. The molecule has 2 aliphatic rings. The Kier molecular flexibility index (Phi) is 4.11. The van der Waals surface area contributed by atoms with Gasteiger partial charge in [-0.05, 0) is 45.8 Å². The number of ketones is 1. The third-order valence-electron chi connectivity index (χ3n) is 4.59. The molecule has 0 radical (unpaired) electrons. The highest BCUT2D eigenvalue weighted by Gasteiger charge is 2.38. The van der Waals surface area contributed by atoms with Crippen molar-refractivity contribution in [2.75, 3.05) is 7.11 Å². The van der Waals surface area contributed by atoms with Gasteiger partial charge in [0.25, 0.3) is 5.91 Å². The molecule has 2 aliphatic heterocycles. The number of amides is 1. The summed E-state index contributed by atoms with van der Waals surface area (Å²) in [5.74, 6) is 1.34. The van der Waals surface area contributed by atoms with Gasteiger partial charge in [-0.2, -0.15) is 0 Å². The molecular weight excluding hydrogens is 306 g/mol. The Labute approximate surface area is 142 Å². The van der Waals surface area contributed by atoms with E-state index in [1.807, 2.05) is 20.8 Å². The molecule has 0 saturated carbocycles. The zero-order valence-corrected chi connectivity index (χ0v) is 14.6. The van der Waals surface area contributed by atoms with Gasteiger partial charge >= 0.3 is 0 Å². The van der Waals surface area contributed by atoms with Gasteiger partial charge in [-0.1, -0.05) is 5.57 Å². The van der Waals surface area contributed by atoms with E-state index in [0.29, 0.717) is 30.0 Å². The van der Waals surface area contributed by atoms with Gasteiger partial charge in [-0.15, -0.1) is 0 Å². The van der Waals surface area contributed by atoms with Gasteiger partial charge in [-0.3, -0.25) is 9.59 Å². The van der Waals surface area contributed by atoms with E-state index in [2.05, 4.69) is 5.32 Å². The van der Waals surface area contributed by atoms with Crippen molar-refractivity contribution in [2.24, 2.45) is 0 Å². The average molecular weight is 329 g/mol. The number of rotatable bonds is 4. The standard InChI is InChI=1S/C19H23NO4/c1-11(2)7-12(21)9-19(3)6-5-13-16(23-4)8-14-15(17(13)24-19)10-20-18(14)22/h7-8H,5-6,9-10H2,1-4H3,(H,20,22). The summed E-state index contributed by atoms with van der Waals surface area (Å²) in [5, 5.41) is 2.83. The molecule has 5 nitrogen and oxygen atoms in total. The molecule has 0 aromatic heterocycles. The molecule has 1 unspecified atom stereocenters. The van der Waals surface area contributed by atoms with Crippen LogP contribution >= 0.6 is 0 Å². The average Bonchev–Trinajstić information content (AvgIpc) is 2.86. The summed E-state index contributed by atoms with van der Waals surface area (Å²) in [7, 11) is 1.60. The molecule has 3 rings (SSSR count). The Morgan fingerprint density at radius 2 is 2.17 bits per heavy atom. The van der Waals surface area contributed by atoms with Gasteiger partial charge < -0.3 is 14.8 Å². The van der Waals surface area contributed by atoms with Gasteiger partial charge in [0.15, 0.2) is 5.78 Å². The number of hydrogen-bond donors (Lipinski definition) is 1. The lowest BCUT2D eigenvalue weighted by Crippen LogP contribution is -2.39. The highest BCUT2D eigenvalue weighted by Crippen LogP contribution is 2.44. The molecule has 1 atom stereocenters. The van der Waals surface area contributed by atoms with Crippen molar-refractivity contribution in [2.45, 2.75) is 52.2 Å². The van der Waals surface area contributed by atoms with Gasteiger partial charge in [0.2, 0.25) is 0 Å². The molecule has 0 saturated heterocycles. The van der Waals surface area contributed by atoms with Gasteiger partial charge in [0.05, 0.1) is 12.7 Å². The van der Waals surface area contributed by atoms with Crippen LogP contribution in [0.2, 0.25) is 0 Å². The fourth-order valence-corrected chi connectivity index (χ4v) is 3.46. The van der Waals surface area contributed by atoms with Crippen LogP contribution in [0.15, 0.2) is 17.7 Å². The molecule has 2 heterocycles. The number of carbonyl (C=O) groups excluding carboxylic acids is 2. The molecule has 24 heavy (non-hydrogen) atoms. The lowest BCUT2D eigenvalue weighted by Gasteiger charge is -2.36. The first-order valence-corrected chi connectivity index (χ1v) is 8.20. The van der Waals surface area contributed by atoms with E-state index < -0.39 is 5.60 Å². The number of nitrogens with one attached hydrogen (secondary N) is 1. The maximum absolute atomic E-state index is 12.2. The van der Waals surface area contributed by atoms with Crippen LogP contribution in [0, 0.1) is 0 Å². The van der Waals surface area contributed by atoms with Crippen LogP contribution in [0.25, 0.3) is 0 Å². The largest absolute Gasteiger partial charge is 0.496 e. The highest BCUT2D eigenvalue weighted by atomic mass is 16.5. The summed E-state index contributed by atoms with van der Waals surface area (Å²) in [5.41, 5.74) is 2.88. The quantitative estimate of drug-likeness (QED) is 0.863. The van der Waals surface area contributed by atoms with Crippen molar-refractivity contribution in [1.82, 2.24) is 5.32 Å². The van der Waals surface area contributed by atoms with Crippen LogP contribution in [0.4, 0.5) is 0 Å². The Hall–Kier alpha value is -2.30. The van der Waals surface area contributed by atoms with Crippen LogP contribution in [0.3, 0.4) is 0 Å². The monoisotopic (exact) mass is 329 g/mol. The van der Waals surface area contributed by atoms with Gasteiger partial charge in [-0.25, -0.2) is 0 Å². The second-order valence-electron chi connectivity index (χ2n) is 7.01. The fraction of sp³-hybridized carbons (Fsp3) is 0.474. The van der Waals surface area contributed by atoms with E-state index >= 15 is 0 Å². The van der Waals surface area contributed by atoms with Crippen LogP contribution in [0.1, 0.15) is 55.1 Å². The molecule has 1 N–H and O–H groups in total. The number of allylic oxidation sites excluding steroid dienone is 2. The number of benzene rings is 1. The predicted molar refractivity (Wildman–Crippen MR) is 90.6 cm³/mol. The lowest BCUT2D eigenvalue weighted by atomic mass is 9.86. The molecule has 1 aromatic carbocycles. The minimum atomic E-state index is -0.568. The Morgan fingerprint density at radius 3 is 2.83 bits per heavy atom. The molecule has 0 fully saturated rings. The second-order valence-corrected chi connectivity index (χ2v) is 7.01. The molecule has 1 aromatic rings. The molecule has 0 bridgehead atoms. The van der Waals surface area contributed by atoms with Crippen LogP contribution in [0.5, 0.6) is 11.5 Å². The van der Waals surface area contributed by atoms with Gasteiger partial charge in [0, 0.05) is 24.1 Å². The molecule has 1 amide bonds. The van der Waals surface area contributed by atoms with Gasteiger partial charge in [0.1, 0.15) is 17.1 Å². The molecule has 5 heteroatoms. The van der Waals surface area contributed by atoms with Crippen LogP contribution in [-0.4, -0.2) is 24.4 Å². The third kappa shape index (κ3) is 2.90. The smallest absolute Gasteiger partial charge is 0.252 e. The summed E-state index contributed by atoms with van der Waals surface area (Å²) >= 11 is 0. The van der Waals surface area contributed by atoms with Crippen LogP contribution < -0.4 is 14.8 Å². The zero-order valence-electron chi connectivity index (χ0n) is 14.6. The van der Waals surface area contributed by atoms with E-state index in [0.717, 1.165) is 29.5 Å². The molecule has 0 spiro atoms. The normalized spacial score (nSPS) is 21.2. The maximum atomic E-state index is 12.2. The first-order valence-electron chi connectivity index (χ1n) is 8.20. The summed E-state index contributed by atoms with van der Waals surface area (Å²) < 4.78 is 11.7. The number of hydrogen-bond acceptors (Lipinski definition) is 4. The predicted octanol–water partition coefficient (Wildman–Crippen LogP) is 2.95. The minimum absolute atomic E-state index is 0.0645. The lowest BCUT2D eigenvalue weighted by molar-refractivity contribution is -0.118. The Balaban J connectivity index is 1.97. The first kappa shape index (κ1) is 16.6. The number of ether oxygens (including phenoxy) is 2. The second kappa shape index (κ2) is 5.96.